The molecule has 2 fully saturated rings. The second-order valence-electron chi connectivity index (χ2n) is 7.71. The molecule has 7 nitrogen and oxygen atoms in total. The van der Waals surface area contributed by atoms with Crippen molar-refractivity contribution in [3.63, 3.8) is 0 Å². The van der Waals surface area contributed by atoms with E-state index in [1.165, 1.54) is 23.9 Å². The normalized spacial score (nSPS) is 17.6. The Balaban J connectivity index is 0.00000289. The van der Waals surface area contributed by atoms with Crippen LogP contribution in [0, 0.1) is 0 Å². The van der Waals surface area contributed by atoms with Crippen molar-refractivity contribution in [2.75, 3.05) is 55.3 Å². The average Bonchev–Trinajstić information content (AvgIpc) is 2.76. The molecule has 2 aliphatic heterocycles. The number of carbonyl (C=O) groups excluding carboxylic acids is 1. The molecule has 196 valence electrons. The Labute approximate surface area is 212 Å². The molecule has 0 aromatic heterocycles. The fourth-order valence-electron chi connectivity index (χ4n) is 3.81. The van der Waals surface area contributed by atoms with Gasteiger partial charge in [0.2, 0.25) is 0 Å². The third-order valence-electron chi connectivity index (χ3n) is 5.60. The zero-order valence-electron chi connectivity index (χ0n) is 19.1. The molecule has 2 aromatic carbocycles. The summed E-state index contributed by atoms with van der Waals surface area (Å²) in [5.41, 5.74) is 1.85. The van der Waals surface area contributed by atoms with E-state index in [0.29, 0.717) is 22.9 Å². The maximum atomic E-state index is 13.1. The van der Waals surface area contributed by atoms with Gasteiger partial charge in [0.25, 0.3) is 5.91 Å². The number of thioether (sulfide) groups is 1. The maximum absolute atomic E-state index is 13.1. The number of piperazine rings is 1. The summed E-state index contributed by atoms with van der Waals surface area (Å²) in [6.45, 7) is 4.29. The van der Waals surface area contributed by atoms with Gasteiger partial charge in [-0.3, -0.25) is 4.79 Å². The van der Waals surface area contributed by atoms with E-state index in [9.17, 15) is 18.0 Å². The molecule has 0 saturated carbocycles. The van der Waals surface area contributed by atoms with Crippen LogP contribution < -0.4 is 9.80 Å². The standard InChI is InChI=1S/C23H24F3N3OS.ClH.3H2O/c1-27-10-12-28(13-11-27)20-5-3-2-4-17(20)16-21-22(30)29(14-15-31-21)19-8-6-18(7-9-19)23(24,25)26;;;;/h2-9,16H,10-15H2,1H3;1H;3*1H2/b21-16-;;;;. The summed E-state index contributed by atoms with van der Waals surface area (Å²) in [5.74, 6) is 0.513. The van der Waals surface area contributed by atoms with Crippen LogP contribution in [0.4, 0.5) is 24.5 Å². The van der Waals surface area contributed by atoms with Crippen molar-refractivity contribution >= 4 is 47.5 Å². The zero-order valence-corrected chi connectivity index (χ0v) is 20.8. The van der Waals surface area contributed by atoms with E-state index in [1.54, 1.807) is 4.90 Å². The largest absolute Gasteiger partial charge is 0.416 e. The Morgan fingerprint density at radius 1 is 0.886 bits per heavy atom. The van der Waals surface area contributed by atoms with Crippen LogP contribution in [0.1, 0.15) is 11.1 Å². The van der Waals surface area contributed by atoms with Crippen molar-refractivity contribution in [3.8, 4) is 0 Å². The van der Waals surface area contributed by atoms with Gasteiger partial charge in [0.1, 0.15) is 0 Å². The highest BCUT2D eigenvalue weighted by Crippen LogP contribution is 2.34. The highest BCUT2D eigenvalue weighted by molar-refractivity contribution is 8.04. The zero-order chi connectivity index (χ0) is 22.0. The van der Waals surface area contributed by atoms with E-state index in [-0.39, 0.29) is 34.7 Å². The lowest BCUT2D eigenvalue weighted by molar-refractivity contribution is -0.137. The molecule has 0 bridgehead atoms. The van der Waals surface area contributed by atoms with Gasteiger partial charge in [-0.05, 0) is 49.0 Å². The number of hydrogen-bond acceptors (Lipinski definition) is 4. The van der Waals surface area contributed by atoms with E-state index in [1.807, 2.05) is 24.3 Å². The van der Waals surface area contributed by atoms with Gasteiger partial charge in [-0.2, -0.15) is 13.2 Å². The number of amides is 1. The lowest BCUT2D eigenvalue weighted by Gasteiger charge is -2.35. The first kappa shape index (κ1) is 32.7. The molecule has 0 unspecified atom stereocenters. The van der Waals surface area contributed by atoms with Crippen LogP contribution in [0.2, 0.25) is 0 Å². The van der Waals surface area contributed by atoms with E-state index in [0.717, 1.165) is 49.6 Å². The molecule has 2 aromatic rings. The fourth-order valence-corrected chi connectivity index (χ4v) is 4.75. The van der Waals surface area contributed by atoms with E-state index in [4.69, 9.17) is 0 Å². The van der Waals surface area contributed by atoms with Gasteiger partial charge >= 0.3 is 6.18 Å². The van der Waals surface area contributed by atoms with Crippen molar-refractivity contribution in [1.82, 2.24) is 4.90 Å². The number of rotatable bonds is 3. The van der Waals surface area contributed by atoms with Crippen LogP contribution in [0.5, 0.6) is 0 Å². The van der Waals surface area contributed by atoms with E-state index in [2.05, 4.69) is 22.9 Å². The van der Waals surface area contributed by atoms with Gasteiger partial charge < -0.3 is 31.1 Å². The first-order valence-electron chi connectivity index (χ1n) is 10.2. The third kappa shape index (κ3) is 7.60. The van der Waals surface area contributed by atoms with Crippen LogP contribution in [-0.2, 0) is 11.0 Å². The lowest BCUT2D eigenvalue weighted by atomic mass is 10.1. The molecule has 0 radical (unpaired) electrons. The minimum atomic E-state index is -4.39. The van der Waals surface area contributed by atoms with Crippen molar-refractivity contribution in [3.05, 3.63) is 64.6 Å². The van der Waals surface area contributed by atoms with E-state index < -0.39 is 11.7 Å². The minimum absolute atomic E-state index is 0. The van der Waals surface area contributed by atoms with E-state index >= 15 is 0 Å². The third-order valence-corrected chi connectivity index (χ3v) is 6.59. The van der Waals surface area contributed by atoms with Crippen molar-refractivity contribution < 1.29 is 34.4 Å². The first-order chi connectivity index (χ1) is 14.8. The molecular weight excluding hydrogens is 507 g/mol. The van der Waals surface area contributed by atoms with Crippen LogP contribution in [0.15, 0.2) is 53.4 Å². The monoisotopic (exact) mass is 537 g/mol. The minimum Gasteiger partial charge on any atom is -0.412 e. The molecule has 6 N–H and O–H groups in total. The van der Waals surface area contributed by atoms with Gasteiger partial charge in [0.05, 0.1) is 10.5 Å². The number of hydrogen-bond donors (Lipinski definition) is 0. The smallest absolute Gasteiger partial charge is 0.412 e. The summed E-state index contributed by atoms with van der Waals surface area (Å²) >= 11 is 1.49. The number of alkyl halides is 3. The maximum Gasteiger partial charge on any atom is 0.416 e. The number of benzene rings is 2. The predicted molar refractivity (Wildman–Crippen MR) is 138 cm³/mol. The molecular formula is C23H31ClF3N3O4S. The summed E-state index contributed by atoms with van der Waals surface area (Å²) in [5, 5.41) is 0. The summed E-state index contributed by atoms with van der Waals surface area (Å²) < 4.78 is 38.6. The van der Waals surface area contributed by atoms with Crippen LogP contribution in [-0.4, -0.2) is 72.8 Å². The molecule has 4 rings (SSSR count). The Bertz CT molecular complexity index is 985. The van der Waals surface area contributed by atoms with Crippen LogP contribution in [0.25, 0.3) is 6.08 Å². The highest BCUT2D eigenvalue weighted by atomic mass is 35.5. The molecule has 12 heteroatoms. The summed E-state index contributed by atoms with van der Waals surface area (Å²) in [6.07, 6.45) is -2.48. The number of halogens is 4. The number of anilines is 2. The Morgan fingerprint density at radius 2 is 1.49 bits per heavy atom. The number of carbonyl (C=O) groups is 1. The molecule has 2 aliphatic rings. The Hall–Kier alpha value is -2.28. The topological polar surface area (TPSA) is 121 Å². The predicted octanol–water partition coefficient (Wildman–Crippen LogP) is 2.53. The second kappa shape index (κ2) is 13.7. The quantitative estimate of drug-likeness (QED) is 0.558. The molecule has 35 heavy (non-hydrogen) atoms. The number of para-hydroxylation sites is 1. The van der Waals surface area contributed by atoms with Gasteiger partial charge in [-0.1, -0.05) is 18.2 Å². The Kier molecular flexibility index (Phi) is 12.8. The summed E-state index contributed by atoms with van der Waals surface area (Å²) in [7, 11) is 2.11. The van der Waals surface area contributed by atoms with Crippen molar-refractivity contribution in [2.45, 2.75) is 6.18 Å². The second-order valence-corrected chi connectivity index (χ2v) is 8.84. The highest BCUT2D eigenvalue weighted by Gasteiger charge is 2.31. The van der Waals surface area contributed by atoms with Gasteiger partial charge in [-0.25, -0.2) is 0 Å². The number of nitrogens with zero attached hydrogens (tertiary/aromatic N) is 3. The molecule has 1 amide bonds. The molecule has 2 saturated heterocycles. The molecule has 0 spiro atoms. The summed E-state index contributed by atoms with van der Waals surface area (Å²) in [4.78, 5) is 19.9. The molecule has 0 atom stereocenters. The van der Waals surface area contributed by atoms with Crippen LogP contribution >= 0.6 is 24.2 Å². The van der Waals surface area contributed by atoms with Gasteiger partial charge in [0, 0.05) is 49.9 Å². The van der Waals surface area contributed by atoms with Crippen molar-refractivity contribution in [2.24, 2.45) is 0 Å². The first-order valence-corrected chi connectivity index (χ1v) is 11.2. The van der Waals surface area contributed by atoms with Gasteiger partial charge in [-0.15, -0.1) is 24.2 Å². The van der Waals surface area contributed by atoms with Gasteiger partial charge in [0.15, 0.2) is 0 Å². The average molecular weight is 538 g/mol. The van der Waals surface area contributed by atoms with Crippen LogP contribution in [0.3, 0.4) is 0 Å². The number of likely N-dealkylation sites (N-methyl/N-ethyl adjacent to an activating group) is 1. The molecule has 0 aliphatic carbocycles. The lowest BCUT2D eigenvalue weighted by Crippen LogP contribution is -2.44. The fraction of sp³-hybridized carbons (Fsp3) is 0.348. The Morgan fingerprint density at radius 3 is 2.09 bits per heavy atom. The van der Waals surface area contributed by atoms with Crippen molar-refractivity contribution in [1.29, 1.82) is 0 Å². The summed E-state index contributed by atoms with van der Waals surface area (Å²) in [6, 6.07) is 12.8. The SMILES string of the molecule is CN1CCN(c2ccccc2/C=C2\SCCN(c3ccc(C(F)(F)F)cc3)C2=O)CC1.Cl.O.O.O. The molecule has 2 heterocycles.